The molecule has 0 aliphatic rings. The summed E-state index contributed by atoms with van der Waals surface area (Å²) in [4.78, 5) is 0. The molecule has 3 heteroatoms. The number of hydrogen-bond donors (Lipinski definition) is 1. The Morgan fingerprint density at radius 1 is 0.364 bits per heavy atom. The Labute approximate surface area is 318 Å². The molecule has 258 valence electrons. The zero-order valence-corrected chi connectivity index (χ0v) is 29.9. The van der Waals surface area contributed by atoms with E-state index in [1.54, 1.807) is 0 Å². The van der Waals surface area contributed by atoms with Crippen molar-refractivity contribution in [2.75, 3.05) is 5.32 Å². The van der Waals surface area contributed by atoms with E-state index in [2.05, 4.69) is 198 Å². The van der Waals surface area contributed by atoms with E-state index in [9.17, 15) is 0 Å². The molecule has 0 bridgehead atoms. The van der Waals surface area contributed by atoms with E-state index in [-0.39, 0.29) is 0 Å². The van der Waals surface area contributed by atoms with Crippen molar-refractivity contribution in [2.45, 2.75) is 0 Å². The molecule has 0 aliphatic carbocycles. The van der Waals surface area contributed by atoms with Crippen LogP contribution in [0.3, 0.4) is 0 Å². The monoisotopic (exact) mass is 702 g/mol. The second kappa shape index (κ2) is 12.6. The number of rotatable bonds is 6. The highest BCUT2D eigenvalue weighted by molar-refractivity contribution is 6.12. The lowest BCUT2D eigenvalue weighted by Crippen LogP contribution is -1.97. The lowest BCUT2D eigenvalue weighted by Gasteiger charge is -2.17. The Hall–Kier alpha value is -7.36. The molecule has 0 saturated carbocycles. The number of hydrogen-bond acceptors (Lipinski definition) is 2. The van der Waals surface area contributed by atoms with Gasteiger partial charge in [0.25, 0.3) is 0 Å². The summed E-state index contributed by atoms with van der Waals surface area (Å²) in [6.07, 6.45) is 0. The molecule has 0 amide bonds. The topological polar surface area (TPSA) is 30.1 Å². The number of nitrogens with one attached hydrogen (secondary N) is 1. The van der Waals surface area contributed by atoms with Gasteiger partial charge in [0.1, 0.15) is 11.2 Å². The predicted octanol–water partition coefficient (Wildman–Crippen LogP) is 14.6. The molecule has 2 heterocycles. The van der Waals surface area contributed by atoms with Crippen molar-refractivity contribution in [2.24, 2.45) is 0 Å². The minimum absolute atomic E-state index is 0.885. The molecule has 1 N–H and O–H groups in total. The molecular weight excluding hydrogens is 669 g/mol. The highest BCUT2D eigenvalue weighted by Gasteiger charge is 2.18. The summed E-state index contributed by atoms with van der Waals surface area (Å²) in [6.45, 7) is 0. The van der Waals surface area contributed by atoms with E-state index in [1.165, 1.54) is 49.3 Å². The fourth-order valence-corrected chi connectivity index (χ4v) is 8.39. The molecule has 0 spiro atoms. The molecule has 3 nitrogen and oxygen atoms in total. The number of furan rings is 1. The van der Waals surface area contributed by atoms with Crippen LogP contribution in [0, 0.1) is 0 Å². The highest BCUT2D eigenvalue weighted by Crippen LogP contribution is 2.42. The Kier molecular flexibility index (Phi) is 7.17. The van der Waals surface area contributed by atoms with Gasteiger partial charge in [0.05, 0.1) is 11.0 Å². The first-order valence-corrected chi connectivity index (χ1v) is 18.8. The summed E-state index contributed by atoms with van der Waals surface area (Å²) in [5.74, 6) is 0. The zero-order valence-electron chi connectivity index (χ0n) is 29.9. The van der Waals surface area contributed by atoms with E-state index in [0.29, 0.717) is 0 Å². The van der Waals surface area contributed by atoms with Crippen LogP contribution in [-0.2, 0) is 0 Å². The summed E-state index contributed by atoms with van der Waals surface area (Å²) < 4.78 is 8.60. The van der Waals surface area contributed by atoms with Crippen molar-refractivity contribution in [3.63, 3.8) is 0 Å². The second-order valence-electron chi connectivity index (χ2n) is 14.2. The van der Waals surface area contributed by atoms with Gasteiger partial charge >= 0.3 is 0 Å². The first-order chi connectivity index (χ1) is 27.2. The van der Waals surface area contributed by atoms with Gasteiger partial charge in [-0.15, -0.1) is 0 Å². The third kappa shape index (κ3) is 5.28. The molecule has 0 unspecified atom stereocenters. The standard InChI is InChI=1S/C52H34N2O/c1-3-13-34(14-4-1)38-29-39(35-15-5-2-6-16-35)31-41(30-38)54-48-21-11-9-19-43(48)44-26-23-37(32-49(44)54)52-42-18-8-7-17-36(42)24-27-47(52)53-40-25-28-51-46(33-40)45-20-10-12-22-50(45)55-51/h1-33,53H. The van der Waals surface area contributed by atoms with E-state index >= 15 is 0 Å². The molecule has 55 heavy (non-hydrogen) atoms. The SMILES string of the molecule is c1ccc(-c2cc(-c3ccccc3)cc(-n3c4ccccc4c4ccc(-c5c(Nc6ccc7oc8ccccc8c7c6)ccc6ccccc56)cc43)c2)cc1. The van der Waals surface area contributed by atoms with Gasteiger partial charge in [-0.05, 0) is 99.3 Å². The van der Waals surface area contributed by atoms with E-state index in [0.717, 1.165) is 55.6 Å². The van der Waals surface area contributed by atoms with E-state index in [1.807, 2.05) is 12.1 Å². The van der Waals surface area contributed by atoms with Gasteiger partial charge in [0, 0.05) is 44.2 Å². The average molecular weight is 703 g/mol. The fourth-order valence-electron chi connectivity index (χ4n) is 8.39. The quantitative estimate of drug-likeness (QED) is 0.187. The van der Waals surface area contributed by atoms with Gasteiger partial charge < -0.3 is 14.3 Å². The zero-order chi connectivity index (χ0) is 36.3. The predicted molar refractivity (Wildman–Crippen MR) is 232 cm³/mol. The average Bonchev–Trinajstić information content (AvgIpc) is 3.79. The third-order valence-electron chi connectivity index (χ3n) is 10.9. The number of anilines is 2. The Bertz CT molecular complexity index is 3170. The molecule has 0 aliphatic heterocycles. The van der Waals surface area contributed by atoms with E-state index in [4.69, 9.17) is 4.42 Å². The van der Waals surface area contributed by atoms with Gasteiger partial charge in [-0.3, -0.25) is 0 Å². The minimum atomic E-state index is 0.885. The Balaban J connectivity index is 1.13. The number of para-hydroxylation sites is 2. The van der Waals surface area contributed by atoms with Crippen LogP contribution in [0.15, 0.2) is 205 Å². The van der Waals surface area contributed by atoms with Crippen molar-refractivity contribution in [1.82, 2.24) is 4.57 Å². The van der Waals surface area contributed by atoms with Crippen LogP contribution in [0.2, 0.25) is 0 Å². The molecule has 0 radical (unpaired) electrons. The van der Waals surface area contributed by atoms with Crippen LogP contribution < -0.4 is 5.32 Å². The number of fused-ring (bicyclic) bond motifs is 7. The molecule has 11 aromatic rings. The van der Waals surface area contributed by atoms with Gasteiger partial charge in [-0.25, -0.2) is 0 Å². The summed E-state index contributed by atoms with van der Waals surface area (Å²) in [7, 11) is 0. The van der Waals surface area contributed by atoms with Crippen LogP contribution in [0.5, 0.6) is 0 Å². The summed E-state index contributed by atoms with van der Waals surface area (Å²) in [6, 6.07) is 71.8. The minimum Gasteiger partial charge on any atom is -0.456 e. The van der Waals surface area contributed by atoms with Gasteiger partial charge in [0.15, 0.2) is 0 Å². The Morgan fingerprint density at radius 2 is 1.00 bits per heavy atom. The summed E-state index contributed by atoms with van der Waals surface area (Å²) >= 11 is 0. The number of nitrogens with zero attached hydrogens (tertiary/aromatic N) is 1. The lowest BCUT2D eigenvalue weighted by molar-refractivity contribution is 0.669. The van der Waals surface area contributed by atoms with Gasteiger partial charge in [-0.2, -0.15) is 0 Å². The maximum atomic E-state index is 6.16. The van der Waals surface area contributed by atoms with Gasteiger partial charge in [-0.1, -0.05) is 140 Å². The first kappa shape index (κ1) is 31.2. The number of benzene rings is 9. The van der Waals surface area contributed by atoms with Crippen LogP contribution in [0.25, 0.3) is 93.6 Å². The summed E-state index contributed by atoms with van der Waals surface area (Å²) in [5.41, 5.74) is 14.4. The molecule has 0 fully saturated rings. The molecule has 11 rings (SSSR count). The molecule has 0 saturated heterocycles. The third-order valence-corrected chi connectivity index (χ3v) is 10.9. The lowest BCUT2D eigenvalue weighted by atomic mass is 9.95. The molecular formula is C52H34N2O. The van der Waals surface area contributed by atoms with Crippen LogP contribution >= 0.6 is 0 Å². The second-order valence-corrected chi connectivity index (χ2v) is 14.2. The van der Waals surface area contributed by atoms with Crippen molar-refractivity contribution >= 4 is 65.9 Å². The largest absolute Gasteiger partial charge is 0.456 e. The molecule has 9 aromatic carbocycles. The molecule has 0 atom stereocenters. The van der Waals surface area contributed by atoms with Crippen molar-refractivity contribution in [3.05, 3.63) is 200 Å². The Morgan fingerprint density at radius 3 is 1.78 bits per heavy atom. The van der Waals surface area contributed by atoms with Crippen LogP contribution in [-0.4, -0.2) is 4.57 Å². The van der Waals surface area contributed by atoms with Crippen molar-refractivity contribution < 1.29 is 4.42 Å². The van der Waals surface area contributed by atoms with E-state index < -0.39 is 0 Å². The highest BCUT2D eigenvalue weighted by atomic mass is 16.3. The van der Waals surface area contributed by atoms with Crippen LogP contribution in [0.4, 0.5) is 11.4 Å². The number of aromatic nitrogens is 1. The van der Waals surface area contributed by atoms with Gasteiger partial charge in [0.2, 0.25) is 0 Å². The van der Waals surface area contributed by atoms with Crippen LogP contribution in [0.1, 0.15) is 0 Å². The normalized spacial score (nSPS) is 11.6. The maximum absolute atomic E-state index is 6.16. The van der Waals surface area contributed by atoms with Crippen molar-refractivity contribution in [3.8, 4) is 39.1 Å². The maximum Gasteiger partial charge on any atom is 0.135 e. The van der Waals surface area contributed by atoms with Crippen molar-refractivity contribution in [1.29, 1.82) is 0 Å². The first-order valence-electron chi connectivity index (χ1n) is 18.8. The smallest absolute Gasteiger partial charge is 0.135 e. The fraction of sp³-hybridized carbons (Fsp3) is 0. The summed E-state index contributed by atoms with van der Waals surface area (Å²) in [5, 5.41) is 10.9. The molecule has 2 aromatic heterocycles.